The van der Waals surface area contributed by atoms with Crippen molar-refractivity contribution in [2.75, 3.05) is 18.0 Å². The molecule has 2 aromatic carbocycles. The van der Waals surface area contributed by atoms with Gasteiger partial charge in [-0.1, -0.05) is 36.7 Å². The van der Waals surface area contributed by atoms with Crippen LogP contribution in [0.2, 0.25) is 5.02 Å². The first-order chi connectivity index (χ1) is 22.7. The van der Waals surface area contributed by atoms with Crippen LogP contribution in [-0.2, 0) is 41.4 Å². The maximum Gasteiger partial charge on any atom is 0.264 e. The Morgan fingerprint density at radius 2 is 1.98 bits per heavy atom. The number of fused-ring (bicyclic) bond motifs is 3. The number of nitrogens with zero attached hydrogens (tertiary/aromatic N) is 5. The van der Waals surface area contributed by atoms with Gasteiger partial charge >= 0.3 is 0 Å². The van der Waals surface area contributed by atoms with Crippen LogP contribution in [0.25, 0.3) is 0 Å². The fourth-order valence-electron chi connectivity index (χ4n) is 6.85. The molecule has 0 unspecified atom stereocenters. The first-order valence-corrected chi connectivity index (χ1v) is 18.5. The van der Waals surface area contributed by atoms with Crippen molar-refractivity contribution in [1.29, 1.82) is 0 Å². The highest BCUT2D eigenvalue weighted by Gasteiger charge is 2.38. The Morgan fingerprint density at radius 3 is 2.74 bits per heavy atom. The van der Waals surface area contributed by atoms with Gasteiger partial charge in [-0.2, -0.15) is 4.80 Å². The van der Waals surface area contributed by atoms with Crippen LogP contribution in [0.3, 0.4) is 0 Å². The Hall–Kier alpha value is -3.48. The molecule has 252 valence electrons. The van der Waals surface area contributed by atoms with Crippen molar-refractivity contribution in [3.8, 4) is 5.75 Å². The fourth-order valence-corrected chi connectivity index (χ4v) is 8.48. The summed E-state index contributed by atoms with van der Waals surface area (Å²) in [6, 6.07) is 11.1. The summed E-state index contributed by atoms with van der Waals surface area (Å²) in [6.07, 6.45) is 10.0. The number of ether oxygens (including phenoxy) is 2. The van der Waals surface area contributed by atoms with E-state index in [0.717, 1.165) is 56.4 Å². The van der Waals surface area contributed by atoms with Crippen molar-refractivity contribution in [2.45, 2.75) is 82.9 Å². The van der Waals surface area contributed by atoms with Crippen LogP contribution in [0, 0.1) is 11.8 Å². The van der Waals surface area contributed by atoms with Gasteiger partial charge in [0.1, 0.15) is 19.0 Å². The SMILES string of the molecule is CC[C@@H]1CC/C=C/[C@H](OCc2nnn(C)n2)[C@@H]2CC[C@H]2CN2CCCCc3cc(Cl)ccc3COc3ccc(cc32)C(=O)NS1(=O)=O. The zero-order valence-electron chi connectivity index (χ0n) is 27.0. The second kappa shape index (κ2) is 14.7. The average molecular weight is 683 g/mol. The van der Waals surface area contributed by atoms with Gasteiger partial charge in [0.15, 0.2) is 5.82 Å². The molecule has 3 aliphatic rings. The first-order valence-electron chi connectivity index (χ1n) is 16.6. The molecule has 1 fully saturated rings. The molecular weight excluding hydrogens is 640 g/mol. The van der Waals surface area contributed by atoms with Gasteiger partial charge in [0.2, 0.25) is 10.0 Å². The molecule has 47 heavy (non-hydrogen) atoms. The fraction of sp³-hybridized carbons (Fsp3) is 0.529. The van der Waals surface area contributed by atoms with Crippen LogP contribution < -0.4 is 14.4 Å². The predicted octanol–water partition coefficient (Wildman–Crippen LogP) is 5.39. The minimum absolute atomic E-state index is 0.188. The molecule has 11 nitrogen and oxygen atoms in total. The van der Waals surface area contributed by atoms with Gasteiger partial charge in [0.25, 0.3) is 5.91 Å². The van der Waals surface area contributed by atoms with Crippen LogP contribution in [0.5, 0.6) is 5.75 Å². The zero-order valence-corrected chi connectivity index (χ0v) is 28.5. The number of sulfonamides is 1. The Bertz CT molecular complexity index is 1710. The quantitative estimate of drug-likeness (QED) is 0.361. The van der Waals surface area contributed by atoms with E-state index < -0.39 is 21.2 Å². The minimum atomic E-state index is -3.91. The number of halogens is 1. The van der Waals surface area contributed by atoms with Crippen molar-refractivity contribution in [2.24, 2.45) is 18.9 Å². The van der Waals surface area contributed by atoms with E-state index in [1.165, 1.54) is 10.4 Å². The first kappa shape index (κ1) is 33.4. The van der Waals surface area contributed by atoms with Crippen LogP contribution in [0.1, 0.15) is 79.2 Å². The Balaban J connectivity index is 1.35. The van der Waals surface area contributed by atoms with E-state index in [4.69, 9.17) is 21.1 Å². The number of aryl methyl sites for hydroxylation is 2. The summed E-state index contributed by atoms with van der Waals surface area (Å²) >= 11 is 6.35. The number of hydrogen-bond donors (Lipinski definition) is 1. The molecule has 0 radical (unpaired) electrons. The predicted molar refractivity (Wildman–Crippen MR) is 180 cm³/mol. The lowest BCUT2D eigenvalue weighted by molar-refractivity contribution is -0.0247. The molecule has 1 N–H and O–H groups in total. The second-order valence-electron chi connectivity index (χ2n) is 12.8. The highest BCUT2D eigenvalue weighted by atomic mass is 35.5. The molecule has 0 spiro atoms. The number of allylic oxidation sites excluding steroid dienone is 1. The minimum Gasteiger partial charge on any atom is -0.487 e. The van der Waals surface area contributed by atoms with Crippen LogP contribution in [0.4, 0.5) is 5.69 Å². The van der Waals surface area contributed by atoms with Gasteiger partial charge in [-0.15, -0.1) is 10.2 Å². The third-order valence-corrected chi connectivity index (χ3v) is 11.8. The molecule has 3 heterocycles. The number of aromatic nitrogens is 4. The summed E-state index contributed by atoms with van der Waals surface area (Å²) in [5.74, 6) is 1.13. The van der Waals surface area contributed by atoms with Crippen molar-refractivity contribution in [1.82, 2.24) is 24.9 Å². The summed E-state index contributed by atoms with van der Waals surface area (Å²) in [7, 11) is -2.19. The molecule has 13 heteroatoms. The number of hydrogen-bond acceptors (Lipinski definition) is 9. The van der Waals surface area contributed by atoms with E-state index in [1.807, 2.05) is 31.2 Å². The van der Waals surface area contributed by atoms with Crippen molar-refractivity contribution in [3.05, 3.63) is 76.1 Å². The Morgan fingerprint density at radius 1 is 1.11 bits per heavy atom. The summed E-state index contributed by atoms with van der Waals surface area (Å²) in [4.78, 5) is 17.2. The number of carbonyl (C=O) groups excluding carboxylic acids is 1. The number of tetrazole rings is 1. The number of anilines is 1. The second-order valence-corrected chi connectivity index (χ2v) is 15.2. The van der Waals surface area contributed by atoms with Crippen molar-refractivity contribution < 1.29 is 22.7 Å². The maximum absolute atomic E-state index is 13.5. The summed E-state index contributed by atoms with van der Waals surface area (Å²) in [6.45, 7) is 3.92. The van der Waals surface area contributed by atoms with Crippen LogP contribution in [-0.4, -0.2) is 59.0 Å². The number of carbonyl (C=O) groups is 1. The van der Waals surface area contributed by atoms with Gasteiger partial charge in [0.05, 0.1) is 24.1 Å². The molecule has 2 aliphatic heterocycles. The average Bonchev–Trinajstić information content (AvgIpc) is 3.44. The van der Waals surface area contributed by atoms with Gasteiger partial charge in [-0.3, -0.25) is 4.79 Å². The molecular formula is C34H43ClN6O5S. The summed E-state index contributed by atoms with van der Waals surface area (Å²) in [5, 5.41) is 12.3. The van der Waals surface area contributed by atoms with E-state index in [2.05, 4.69) is 31.1 Å². The third-order valence-electron chi connectivity index (χ3n) is 9.66. The molecule has 4 atom stereocenters. The normalized spacial score (nSPS) is 25.6. The van der Waals surface area contributed by atoms with E-state index in [0.29, 0.717) is 48.4 Å². The van der Waals surface area contributed by atoms with E-state index in [9.17, 15) is 13.2 Å². The maximum atomic E-state index is 13.5. The standard InChI is InChI=1S/C34H43ClN6O5S/c1-3-28-9-4-5-10-31(46-22-33-36-39-40(2)37-33)29-15-12-25(29)20-41-17-7-6-8-23-18-27(35)14-11-26(23)21-45-32-16-13-24(19-30(32)41)34(42)38-47(28,43)44/h5,10-11,13-14,16,18-19,25,28-29,31H,3-4,6-9,12,15,17,20-22H2,1-2H3,(H,38,42)/b10-5+/t25-,28+,29+,31-/m0/s1. The topological polar surface area (TPSA) is 129 Å². The number of benzene rings is 2. The number of amides is 1. The van der Waals surface area contributed by atoms with Crippen molar-refractivity contribution >= 4 is 33.2 Å². The van der Waals surface area contributed by atoms with Crippen molar-refractivity contribution in [3.63, 3.8) is 0 Å². The van der Waals surface area contributed by atoms with Gasteiger partial charge < -0.3 is 14.4 Å². The highest BCUT2D eigenvalue weighted by molar-refractivity contribution is 7.90. The number of nitrogens with one attached hydrogen (secondary N) is 1. The van der Waals surface area contributed by atoms with Gasteiger partial charge in [-0.25, -0.2) is 13.1 Å². The summed E-state index contributed by atoms with van der Waals surface area (Å²) < 4.78 is 42.0. The van der Waals surface area contributed by atoms with E-state index in [1.54, 1.807) is 25.2 Å². The van der Waals surface area contributed by atoms with E-state index in [-0.39, 0.29) is 24.2 Å². The summed E-state index contributed by atoms with van der Waals surface area (Å²) in [5.41, 5.74) is 3.32. The van der Waals surface area contributed by atoms with Crippen LogP contribution in [0.15, 0.2) is 48.6 Å². The van der Waals surface area contributed by atoms with Gasteiger partial charge in [-0.05, 0) is 110 Å². The zero-order chi connectivity index (χ0) is 33.0. The molecule has 1 saturated carbocycles. The lowest BCUT2D eigenvalue weighted by atomic mass is 9.70. The Labute approximate surface area is 281 Å². The third kappa shape index (κ3) is 7.98. The smallest absolute Gasteiger partial charge is 0.264 e. The highest BCUT2D eigenvalue weighted by Crippen LogP contribution is 2.42. The largest absolute Gasteiger partial charge is 0.487 e. The van der Waals surface area contributed by atoms with Gasteiger partial charge in [0, 0.05) is 23.7 Å². The molecule has 3 aromatic rings. The van der Waals surface area contributed by atoms with Crippen LogP contribution >= 0.6 is 11.6 Å². The lowest BCUT2D eigenvalue weighted by Gasteiger charge is -2.44. The van der Waals surface area contributed by atoms with E-state index >= 15 is 0 Å². The lowest BCUT2D eigenvalue weighted by Crippen LogP contribution is -2.44. The Kier molecular flexibility index (Phi) is 10.5. The molecule has 1 aromatic heterocycles. The molecule has 1 amide bonds. The molecule has 6 rings (SSSR count). The molecule has 0 saturated heterocycles. The molecule has 2 bridgehead atoms. The monoisotopic (exact) mass is 682 g/mol. The molecule has 1 aliphatic carbocycles. The number of rotatable bonds is 4.